The molecule has 0 aliphatic carbocycles. The maximum Gasteiger partial charge on any atom is 0.289 e. The third-order valence-electron chi connectivity index (χ3n) is 3.45. The standard InChI is InChI=1S/C16H22N2O2.ClH/c1-11-5-6-13-12(7-11)8-14(20-13)15(19)18(4)10-16(2,3)9-17;/h5-8H,9-10,17H2,1-4H3;1H. The van der Waals surface area contributed by atoms with Crippen LogP contribution in [0.3, 0.4) is 0 Å². The molecule has 1 aromatic carbocycles. The van der Waals surface area contributed by atoms with E-state index in [0.717, 1.165) is 16.5 Å². The van der Waals surface area contributed by atoms with Gasteiger partial charge in [-0.15, -0.1) is 12.4 Å². The lowest BCUT2D eigenvalue weighted by Crippen LogP contribution is -2.39. The number of fused-ring (bicyclic) bond motifs is 1. The quantitative estimate of drug-likeness (QED) is 0.943. The molecule has 21 heavy (non-hydrogen) atoms. The Morgan fingerprint density at radius 1 is 1.33 bits per heavy atom. The molecule has 1 aromatic heterocycles. The number of hydrogen-bond donors (Lipinski definition) is 1. The first-order valence-corrected chi connectivity index (χ1v) is 6.78. The second-order valence-corrected chi connectivity index (χ2v) is 6.18. The van der Waals surface area contributed by atoms with Crippen LogP contribution in [0, 0.1) is 12.3 Å². The molecule has 0 aliphatic rings. The highest BCUT2D eigenvalue weighted by molar-refractivity contribution is 5.96. The molecular formula is C16H23ClN2O2. The Labute approximate surface area is 131 Å². The minimum absolute atomic E-state index is 0. The predicted molar refractivity (Wildman–Crippen MR) is 88.0 cm³/mol. The fourth-order valence-electron chi connectivity index (χ4n) is 2.23. The van der Waals surface area contributed by atoms with E-state index in [-0.39, 0.29) is 23.7 Å². The topological polar surface area (TPSA) is 59.5 Å². The molecule has 5 heteroatoms. The molecule has 0 saturated heterocycles. The van der Waals surface area contributed by atoms with E-state index in [2.05, 4.69) is 0 Å². The van der Waals surface area contributed by atoms with Gasteiger partial charge in [-0.05, 0) is 37.1 Å². The number of furan rings is 1. The summed E-state index contributed by atoms with van der Waals surface area (Å²) >= 11 is 0. The Morgan fingerprint density at radius 3 is 2.62 bits per heavy atom. The highest BCUT2D eigenvalue weighted by Gasteiger charge is 2.23. The lowest BCUT2D eigenvalue weighted by atomic mass is 9.93. The van der Waals surface area contributed by atoms with Gasteiger partial charge in [0.1, 0.15) is 5.58 Å². The van der Waals surface area contributed by atoms with Crippen LogP contribution < -0.4 is 5.73 Å². The van der Waals surface area contributed by atoms with Gasteiger partial charge in [0.05, 0.1) is 0 Å². The van der Waals surface area contributed by atoms with E-state index in [1.54, 1.807) is 18.0 Å². The molecule has 2 rings (SSSR count). The average Bonchev–Trinajstić information content (AvgIpc) is 2.80. The first-order chi connectivity index (χ1) is 9.32. The number of benzene rings is 1. The first kappa shape index (κ1) is 17.5. The van der Waals surface area contributed by atoms with E-state index < -0.39 is 0 Å². The van der Waals surface area contributed by atoms with Crippen LogP contribution in [-0.4, -0.2) is 30.9 Å². The summed E-state index contributed by atoms with van der Waals surface area (Å²) in [7, 11) is 1.78. The minimum Gasteiger partial charge on any atom is -0.451 e. The Kier molecular flexibility index (Phi) is 5.42. The Morgan fingerprint density at radius 2 is 2.00 bits per heavy atom. The zero-order chi connectivity index (χ0) is 14.9. The summed E-state index contributed by atoms with van der Waals surface area (Å²) in [4.78, 5) is 14.0. The summed E-state index contributed by atoms with van der Waals surface area (Å²) in [6, 6.07) is 7.68. The number of carbonyl (C=O) groups excluding carboxylic acids is 1. The largest absolute Gasteiger partial charge is 0.451 e. The molecule has 0 bridgehead atoms. The molecule has 1 amide bonds. The van der Waals surface area contributed by atoms with Crippen molar-refractivity contribution < 1.29 is 9.21 Å². The van der Waals surface area contributed by atoms with E-state index >= 15 is 0 Å². The maximum atomic E-state index is 12.4. The van der Waals surface area contributed by atoms with Crippen molar-refractivity contribution in [2.24, 2.45) is 11.1 Å². The van der Waals surface area contributed by atoms with Gasteiger partial charge in [-0.1, -0.05) is 25.5 Å². The maximum absolute atomic E-state index is 12.4. The molecule has 0 fully saturated rings. The predicted octanol–water partition coefficient (Wildman–Crippen LogP) is 3.22. The number of halogens is 1. The molecular weight excluding hydrogens is 288 g/mol. The van der Waals surface area contributed by atoms with Gasteiger partial charge in [0.25, 0.3) is 5.91 Å². The summed E-state index contributed by atoms with van der Waals surface area (Å²) in [5.74, 6) is 0.265. The molecule has 0 spiro atoms. The van der Waals surface area contributed by atoms with E-state index in [9.17, 15) is 4.79 Å². The number of nitrogens with zero attached hydrogens (tertiary/aromatic N) is 1. The van der Waals surface area contributed by atoms with Gasteiger partial charge in [0.15, 0.2) is 5.76 Å². The van der Waals surface area contributed by atoms with Gasteiger partial charge in [0, 0.05) is 19.0 Å². The smallest absolute Gasteiger partial charge is 0.289 e. The highest BCUT2D eigenvalue weighted by atomic mass is 35.5. The molecule has 2 aromatic rings. The van der Waals surface area contributed by atoms with Crippen LogP contribution in [0.5, 0.6) is 0 Å². The summed E-state index contributed by atoms with van der Waals surface area (Å²) in [6.45, 7) is 7.23. The molecule has 0 unspecified atom stereocenters. The van der Waals surface area contributed by atoms with Gasteiger partial charge < -0.3 is 15.1 Å². The fraction of sp³-hybridized carbons (Fsp3) is 0.438. The van der Waals surface area contributed by atoms with Crippen LogP contribution in [0.15, 0.2) is 28.7 Å². The number of nitrogens with two attached hydrogens (primary N) is 1. The molecule has 2 N–H and O–H groups in total. The molecule has 0 atom stereocenters. The van der Waals surface area contributed by atoms with Crippen LogP contribution in [0.4, 0.5) is 0 Å². The number of rotatable bonds is 4. The van der Waals surface area contributed by atoms with Gasteiger partial charge in [-0.2, -0.15) is 0 Å². The van der Waals surface area contributed by atoms with Gasteiger partial charge in [-0.25, -0.2) is 0 Å². The normalized spacial score (nSPS) is 11.3. The number of carbonyl (C=O) groups is 1. The number of amides is 1. The van der Waals surface area contributed by atoms with Gasteiger partial charge in [-0.3, -0.25) is 4.79 Å². The zero-order valence-corrected chi connectivity index (χ0v) is 13.8. The SMILES string of the molecule is Cc1ccc2oc(C(=O)N(C)CC(C)(C)CN)cc2c1.Cl. The first-order valence-electron chi connectivity index (χ1n) is 6.78. The molecule has 1 heterocycles. The molecule has 116 valence electrons. The number of aryl methyl sites for hydroxylation is 1. The van der Waals surface area contributed by atoms with Crippen molar-refractivity contribution in [3.63, 3.8) is 0 Å². The van der Waals surface area contributed by atoms with Gasteiger partial charge >= 0.3 is 0 Å². The monoisotopic (exact) mass is 310 g/mol. The van der Waals surface area contributed by atoms with Crippen LogP contribution >= 0.6 is 12.4 Å². The summed E-state index contributed by atoms with van der Waals surface area (Å²) in [5, 5.41) is 0.958. The van der Waals surface area contributed by atoms with Crippen LogP contribution in [0.25, 0.3) is 11.0 Å². The van der Waals surface area contributed by atoms with E-state index in [4.69, 9.17) is 10.2 Å². The second-order valence-electron chi connectivity index (χ2n) is 6.18. The molecule has 4 nitrogen and oxygen atoms in total. The van der Waals surface area contributed by atoms with Crippen molar-refractivity contribution in [3.05, 3.63) is 35.6 Å². The van der Waals surface area contributed by atoms with Crippen molar-refractivity contribution in [1.29, 1.82) is 0 Å². The van der Waals surface area contributed by atoms with Crippen molar-refractivity contribution >= 4 is 29.3 Å². The molecule has 0 radical (unpaired) electrons. The Bertz CT molecular complexity index is 634. The highest BCUT2D eigenvalue weighted by Crippen LogP contribution is 2.22. The van der Waals surface area contributed by atoms with Crippen molar-refractivity contribution in [1.82, 2.24) is 4.90 Å². The fourth-order valence-corrected chi connectivity index (χ4v) is 2.23. The summed E-state index contributed by atoms with van der Waals surface area (Å²) < 4.78 is 5.63. The van der Waals surface area contributed by atoms with E-state index in [1.165, 1.54) is 0 Å². The Hall–Kier alpha value is -1.52. The Balaban J connectivity index is 0.00000220. The third-order valence-corrected chi connectivity index (χ3v) is 3.45. The van der Waals surface area contributed by atoms with Crippen molar-refractivity contribution in [2.45, 2.75) is 20.8 Å². The summed E-state index contributed by atoms with van der Waals surface area (Å²) in [5.41, 5.74) is 7.50. The van der Waals surface area contributed by atoms with Gasteiger partial charge in [0.2, 0.25) is 0 Å². The second kappa shape index (κ2) is 6.50. The molecule has 0 aliphatic heterocycles. The molecule has 0 saturated carbocycles. The number of hydrogen-bond acceptors (Lipinski definition) is 3. The van der Waals surface area contributed by atoms with Crippen LogP contribution in [-0.2, 0) is 0 Å². The average molecular weight is 311 g/mol. The van der Waals surface area contributed by atoms with Crippen LogP contribution in [0.1, 0.15) is 30.0 Å². The summed E-state index contributed by atoms with van der Waals surface area (Å²) in [6.07, 6.45) is 0. The zero-order valence-electron chi connectivity index (χ0n) is 13.0. The lowest BCUT2D eigenvalue weighted by molar-refractivity contribution is 0.0711. The van der Waals surface area contributed by atoms with Crippen LogP contribution in [0.2, 0.25) is 0 Å². The third kappa shape index (κ3) is 3.99. The lowest BCUT2D eigenvalue weighted by Gasteiger charge is -2.28. The van der Waals surface area contributed by atoms with Crippen molar-refractivity contribution in [3.8, 4) is 0 Å². The van der Waals surface area contributed by atoms with E-state index in [0.29, 0.717) is 18.8 Å². The van der Waals surface area contributed by atoms with Crippen molar-refractivity contribution in [2.75, 3.05) is 20.1 Å². The van der Waals surface area contributed by atoms with E-state index in [1.807, 2.05) is 39.0 Å². The minimum atomic E-state index is -0.111.